The van der Waals surface area contributed by atoms with Gasteiger partial charge in [-0.25, -0.2) is 0 Å². The first kappa shape index (κ1) is 12.9. The molecule has 0 spiro atoms. The van der Waals surface area contributed by atoms with E-state index in [0.717, 1.165) is 11.3 Å². The van der Waals surface area contributed by atoms with Crippen LogP contribution in [0.1, 0.15) is 18.1 Å². The minimum atomic E-state index is -0.529. The van der Waals surface area contributed by atoms with Crippen molar-refractivity contribution in [2.75, 3.05) is 32.2 Å². The monoisotopic (exact) mass is 249 g/mol. The van der Waals surface area contributed by atoms with Crippen molar-refractivity contribution in [3.05, 3.63) is 29.8 Å². The molecule has 98 valence electrons. The third-order valence-electron chi connectivity index (χ3n) is 3.21. The zero-order valence-electron chi connectivity index (χ0n) is 10.8. The largest absolute Gasteiger partial charge is 0.387 e. The van der Waals surface area contributed by atoms with E-state index < -0.39 is 6.10 Å². The molecule has 1 amide bonds. The van der Waals surface area contributed by atoms with Gasteiger partial charge in [-0.2, -0.15) is 0 Å². The minimum Gasteiger partial charge on any atom is -0.387 e. The summed E-state index contributed by atoms with van der Waals surface area (Å²) in [4.78, 5) is 11.5. The summed E-state index contributed by atoms with van der Waals surface area (Å²) in [5.41, 5.74) is 1.80. The minimum absolute atomic E-state index is 0.121. The molecule has 18 heavy (non-hydrogen) atoms. The summed E-state index contributed by atoms with van der Waals surface area (Å²) in [5, 5.41) is 16.4. The van der Waals surface area contributed by atoms with Crippen LogP contribution in [-0.4, -0.2) is 43.2 Å². The van der Waals surface area contributed by atoms with Crippen molar-refractivity contribution >= 4 is 11.6 Å². The second kappa shape index (κ2) is 5.37. The van der Waals surface area contributed by atoms with Crippen LogP contribution in [0.3, 0.4) is 0 Å². The van der Waals surface area contributed by atoms with E-state index >= 15 is 0 Å². The van der Waals surface area contributed by atoms with Crippen molar-refractivity contribution in [3.63, 3.8) is 0 Å². The van der Waals surface area contributed by atoms with Crippen LogP contribution in [0, 0.1) is 0 Å². The number of hydrogen-bond acceptors (Lipinski definition) is 4. The lowest BCUT2D eigenvalue weighted by Gasteiger charge is -2.26. The second-order valence-electron chi connectivity index (χ2n) is 4.46. The van der Waals surface area contributed by atoms with Crippen LogP contribution in [0.4, 0.5) is 5.69 Å². The van der Waals surface area contributed by atoms with Crippen molar-refractivity contribution in [2.45, 2.75) is 12.5 Å². The molecule has 5 nitrogen and oxygen atoms in total. The quantitative estimate of drug-likeness (QED) is 0.817. The number of nitrogens with one attached hydrogen (secondary N) is 1. The second-order valence-corrected chi connectivity index (χ2v) is 4.46. The summed E-state index contributed by atoms with van der Waals surface area (Å²) in [7, 11) is 3.58. The molecule has 2 rings (SSSR count). The van der Waals surface area contributed by atoms with Crippen LogP contribution >= 0.6 is 0 Å². The van der Waals surface area contributed by atoms with Gasteiger partial charge in [0.2, 0.25) is 5.91 Å². The molecule has 5 heteroatoms. The van der Waals surface area contributed by atoms with Crippen LogP contribution < -0.4 is 10.3 Å². The Kier molecular flexibility index (Phi) is 3.84. The van der Waals surface area contributed by atoms with E-state index in [1.54, 1.807) is 19.1 Å². The van der Waals surface area contributed by atoms with E-state index in [1.165, 1.54) is 0 Å². The fourth-order valence-corrected chi connectivity index (χ4v) is 2.15. The molecule has 1 aliphatic heterocycles. The first-order valence-electron chi connectivity index (χ1n) is 6.10. The first-order valence-corrected chi connectivity index (χ1v) is 6.10. The predicted octanol–water partition coefficient (Wildman–Crippen LogP) is 0.523. The molecular weight excluding hydrogens is 230 g/mol. The maximum Gasteiger partial charge on any atom is 0.242 e. The number of hydrogen-bond donors (Lipinski definition) is 2. The summed E-state index contributed by atoms with van der Waals surface area (Å²) in [6.45, 7) is 1.21. The number of hydrazine groups is 1. The summed E-state index contributed by atoms with van der Waals surface area (Å²) in [6, 6.07) is 7.67. The topological polar surface area (TPSA) is 55.8 Å². The standard InChI is InChI=1S/C13H19N3O2/c1-14-9-12(17)10-4-3-5-11(8-10)16-7-6-13(18)15(16)2/h3-5,8,12,14,17H,6-7,9H2,1-2H3. The average Bonchev–Trinajstić information content (AvgIpc) is 2.71. The molecule has 1 heterocycles. The maximum atomic E-state index is 11.5. The molecule has 1 fully saturated rings. The SMILES string of the molecule is CNCC(O)c1cccc(N2CCC(=O)N2C)c1. The zero-order valence-corrected chi connectivity index (χ0v) is 10.8. The van der Waals surface area contributed by atoms with Gasteiger partial charge in [-0.05, 0) is 24.7 Å². The van der Waals surface area contributed by atoms with E-state index in [9.17, 15) is 9.90 Å². The van der Waals surface area contributed by atoms with E-state index in [1.807, 2.05) is 29.3 Å². The Morgan fingerprint density at radius 3 is 2.89 bits per heavy atom. The van der Waals surface area contributed by atoms with E-state index in [0.29, 0.717) is 19.5 Å². The average molecular weight is 249 g/mol. The highest BCUT2D eigenvalue weighted by Crippen LogP contribution is 2.24. The van der Waals surface area contributed by atoms with Gasteiger partial charge in [-0.3, -0.25) is 14.8 Å². The Bertz CT molecular complexity index is 436. The molecule has 0 radical (unpaired) electrons. The van der Waals surface area contributed by atoms with Crippen LogP contribution in [0.2, 0.25) is 0 Å². The van der Waals surface area contributed by atoms with Gasteiger partial charge in [0.05, 0.1) is 11.8 Å². The zero-order chi connectivity index (χ0) is 13.1. The van der Waals surface area contributed by atoms with Gasteiger partial charge in [0.1, 0.15) is 0 Å². The number of rotatable bonds is 4. The Hall–Kier alpha value is -1.59. The number of benzene rings is 1. The molecule has 1 aliphatic rings. The highest BCUT2D eigenvalue weighted by atomic mass is 16.3. The molecule has 0 aromatic heterocycles. The molecule has 2 N–H and O–H groups in total. The molecular formula is C13H19N3O2. The van der Waals surface area contributed by atoms with Gasteiger partial charge in [0.25, 0.3) is 0 Å². The predicted molar refractivity (Wildman–Crippen MR) is 70.1 cm³/mol. The fourth-order valence-electron chi connectivity index (χ4n) is 2.15. The number of amides is 1. The van der Waals surface area contributed by atoms with Crippen LogP contribution in [0.15, 0.2) is 24.3 Å². The Labute approximate surface area is 107 Å². The lowest BCUT2D eigenvalue weighted by Crippen LogP contribution is -2.35. The molecule has 1 atom stereocenters. The van der Waals surface area contributed by atoms with Gasteiger partial charge in [-0.1, -0.05) is 12.1 Å². The normalized spacial score (nSPS) is 17.4. The summed E-state index contributed by atoms with van der Waals surface area (Å²) in [5.74, 6) is 0.121. The van der Waals surface area contributed by atoms with Crippen LogP contribution in [0.25, 0.3) is 0 Å². The number of carbonyl (C=O) groups is 1. The number of nitrogens with zero attached hydrogens (tertiary/aromatic N) is 2. The van der Waals surface area contributed by atoms with Crippen molar-refractivity contribution in [1.29, 1.82) is 0 Å². The molecule has 1 aromatic rings. The van der Waals surface area contributed by atoms with E-state index in [-0.39, 0.29) is 5.91 Å². The van der Waals surface area contributed by atoms with Crippen LogP contribution in [0.5, 0.6) is 0 Å². The lowest BCUT2D eigenvalue weighted by atomic mass is 10.1. The Morgan fingerprint density at radius 1 is 1.50 bits per heavy atom. The van der Waals surface area contributed by atoms with Crippen molar-refractivity contribution in [1.82, 2.24) is 10.3 Å². The number of carbonyl (C=O) groups excluding carboxylic acids is 1. The number of aliphatic hydroxyl groups is 1. The van der Waals surface area contributed by atoms with Crippen molar-refractivity contribution in [3.8, 4) is 0 Å². The van der Waals surface area contributed by atoms with Gasteiger partial charge < -0.3 is 10.4 Å². The van der Waals surface area contributed by atoms with E-state index in [2.05, 4.69) is 5.32 Å². The highest BCUT2D eigenvalue weighted by molar-refractivity contribution is 5.81. The third-order valence-corrected chi connectivity index (χ3v) is 3.21. The first-order chi connectivity index (χ1) is 8.63. The van der Waals surface area contributed by atoms with E-state index in [4.69, 9.17) is 0 Å². The molecule has 1 saturated heterocycles. The number of likely N-dealkylation sites (N-methyl/N-ethyl adjacent to an activating group) is 1. The molecule has 0 saturated carbocycles. The van der Waals surface area contributed by atoms with Crippen molar-refractivity contribution in [2.24, 2.45) is 0 Å². The Morgan fingerprint density at radius 2 is 2.28 bits per heavy atom. The molecule has 1 aromatic carbocycles. The number of anilines is 1. The van der Waals surface area contributed by atoms with Gasteiger partial charge in [-0.15, -0.1) is 0 Å². The van der Waals surface area contributed by atoms with Gasteiger partial charge in [0, 0.05) is 26.6 Å². The third kappa shape index (κ3) is 2.47. The summed E-state index contributed by atoms with van der Waals surface area (Å²) < 4.78 is 0. The van der Waals surface area contributed by atoms with Crippen LogP contribution in [-0.2, 0) is 4.79 Å². The van der Waals surface area contributed by atoms with Gasteiger partial charge in [0.15, 0.2) is 0 Å². The highest BCUT2D eigenvalue weighted by Gasteiger charge is 2.25. The smallest absolute Gasteiger partial charge is 0.242 e. The lowest BCUT2D eigenvalue weighted by molar-refractivity contribution is -0.126. The summed E-state index contributed by atoms with van der Waals surface area (Å²) >= 11 is 0. The molecule has 1 unspecified atom stereocenters. The molecule has 0 bridgehead atoms. The Balaban J connectivity index is 2.19. The number of aliphatic hydroxyl groups excluding tert-OH is 1. The maximum absolute atomic E-state index is 11.5. The van der Waals surface area contributed by atoms with Crippen molar-refractivity contribution < 1.29 is 9.90 Å². The van der Waals surface area contributed by atoms with Gasteiger partial charge >= 0.3 is 0 Å². The summed E-state index contributed by atoms with van der Waals surface area (Å²) in [6.07, 6.45) is 0.0124. The fraction of sp³-hybridized carbons (Fsp3) is 0.462. The molecule has 0 aliphatic carbocycles.